The Balaban J connectivity index is 1.76. The molecule has 1 N–H and O–H groups in total. The molecule has 0 radical (unpaired) electrons. The zero-order valence-corrected chi connectivity index (χ0v) is 19.3. The predicted octanol–water partition coefficient (Wildman–Crippen LogP) is 4.87. The highest BCUT2D eigenvalue weighted by Gasteiger charge is 2.30. The summed E-state index contributed by atoms with van der Waals surface area (Å²) in [5.74, 6) is -0.275. The van der Waals surface area contributed by atoms with E-state index in [9.17, 15) is 13.2 Å². The SMILES string of the molecule is C[C@H]1CCCCN1S(=O)(=O)c1ccc(C(=O)Nc2ccc(Br)c(I)c2)cc1. The zero-order valence-electron chi connectivity index (χ0n) is 14.8. The Bertz CT molecular complexity index is 948. The lowest BCUT2D eigenvalue weighted by Crippen LogP contribution is -2.41. The van der Waals surface area contributed by atoms with Crippen molar-refractivity contribution < 1.29 is 13.2 Å². The first-order valence-corrected chi connectivity index (χ1v) is 12.0. The van der Waals surface area contributed by atoms with Gasteiger partial charge in [0.2, 0.25) is 10.0 Å². The summed E-state index contributed by atoms with van der Waals surface area (Å²) in [4.78, 5) is 12.7. The summed E-state index contributed by atoms with van der Waals surface area (Å²) in [6.07, 6.45) is 2.82. The van der Waals surface area contributed by atoms with Crippen LogP contribution >= 0.6 is 38.5 Å². The van der Waals surface area contributed by atoms with E-state index in [1.807, 2.05) is 19.1 Å². The molecule has 2 aromatic carbocycles. The van der Waals surface area contributed by atoms with E-state index in [0.717, 1.165) is 27.3 Å². The minimum absolute atomic E-state index is 0.00611. The fourth-order valence-electron chi connectivity index (χ4n) is 3.12. The topological polar surface area (TPSA) is 66.5 Å². The molecule has 0 aromatic heterocycles. The average molecular weight is 563 g/mol. The Labute approximate surface area is 181 Å². The minimum atomic E-state index is -3.53. The van der Waals surface area contributed by atoms with E-state index in [1.165, 1.54) is 12.1 Å². The van der Waals surface area contributed by atoms with Crippen molar-refractivity contribution in [2.75, 3.05) is 11.9 Å². The first-order valence-electron chi connectivity index (χ1n) is 8.67. The van der Waals surface area contributed by atoms with Crippen LogP contribution in [0.5, 0.6) is 0 Å². The highest BCUT2D eigenvalue weighted by molar-refractivity contribution is 14.1. The lowest BCUT2D eigenvalue weighted by molar-refractivity contribution is 0.102. The number of halogens is 2. The Hall–Kier alpha value is -0.970. The molecule has 0 saturated carbocycles. The van der Waals surface area contributed by atoms with Crippen LogP contribution in [-0.4, -0.2) is 31.2 Å². The first kappa shape index (κ1) is 20.8. The summed E-state index contributed by atoms with van der Waals surface area (Å²) in [5.41, 5.74) is 1.10. The zero-order chi connectivity index (χ0) is 19.6. The molecular formula is C19H20BrIN2O3S. The monoisotopic (exact) mass is 562 g/mol. The van der Waals surface area contributed by atoms with Crippen LogP contribution in [0.4, 0.5) is 5.69 Å². The van der Waals surface area contributed by atoms with Crippen LogP contribution in [0, 0.1) is 3.57 Å². The molecule has 1 atom stereocenters. The number of sulfonamides is 1. The van der Waals surface area contributed by atoms with Gasteiger partial charge in [0, 0.05) is 31.9 Å². The van der Waals surface area contributed by atoms with E-state index < -0.39 is 10.0 Å². The predicted molar refractivity (Wildman–Crippen MR) is 118 cm³/mol. The number of benzene rings is 2. The molecule has 0 bridgehead atoms. The number of nitrogens with zero attached hydrogens (tertiary/aromatic N) is 1. The second kappa shape index (κ2) is 8.59. The van der Waals surface area contributed by atoms with Gasteiger partial charge in [-0.25, -0.2) is 8.42 Å². The van der Waals surface area contributed by atoms with Crippen molar-refractivity contribution in [3.05, 3.63) is 56.1 Å². The number of hydrogen-bond acceptors (Lipinski definition) is 3. The van der Waals surface area contributed by atoms with Gasteiger partial charge in [0.1, 0.15) is 0 Å². The van der Waals surface area contributed by atoms with E-state index in [-0.39, 0.29) is 16.8 Å². The lowest BCUT2D eigenvalue weighted by Gasteiger charge is -2.32. The summed E-state index contributed by atoms with van der Waals surface area (Å²) < 4.78 is 29.2. The van der Waals surface area contributed by atoms with Crippen molar-refractivity contribution in [2.24, 2.45) is 0 Å². The third-order valence-corrected chi connectivity index (χ3v) is 9.00. The summed E-state index contributed by atoms with van der Waals surface area (Å²) in [7, 11) is -3.53. The maximum absolute atomic E-state index is 12.9. The Morgan fingerprint density at radius 3 is 2.52 bits per heavy atom. The van der Waals surface area contributed by atoms with Crippen LogP contribution in [0.2, 0.25) is 0 Å². The molecule has 8 heteroatoms. The van der Waals surface area contributed by atoms with Crippen molar-refractivity contribution in [3.8, 4) is 0 Å². The van der Waals surface area contributed by atoms with E-state index in [4.69, 9.17) is 0 Å². The normalized spacial score (nSPS) is 18.3. The van der Waals surface area contributed by atoms with Gasteiger partial charge in [0.25, 0.3) is 5.91 Å². The second-order valence-electron chi connectivity index (χ2n) is 6.57. The lowest BCUT2D eigenvalue weighted by atomic mass is 10.1. The van der Waals surface area contributed by atoms with Gasteiger partial charge in [-0.05, 0) is 101 Å². The molecule has 1 heterocycles. The third kappa shape index (κ3) is 4.72. The molecule has 1 saturated heterocycles. The minimum Gasteiger partial charge on any atom is -0.322 e. The van der Waals surface area contributed by atoms with Gasteiger partial charge in [-0.1, -0.05) is 6.42 Å². The fourth-order valence-corrected chi connectivity index (χ4v) is 5.58. The van der Waals surface area contributed by atoms with Crippen LogP contribution < -0.4 is 5.32 Å². The van der Waals surface area contributed by atoms with Gasteiger partial charge in [0.15, 0.2) is 0 Å². The molecule has 0 unspecified atom stereocenters. The maximum atomic E-state index is 12.9. The molecule has 3 rings (SSSR count). The summed E-state index contributed by atoms with van der Waals surface area (Å²) in [6.45, 7) is 2.49. The molecule has 2 aromatic rings. The smallest absolute Gasteiger partial charge is 0.255 e. The van der Waals surface area contributed by atoms with Crippen molar-refractivity contribution in [2.45, 2.75) is 37.1 Å². The summed E-state index contributed by atoms with van der Waals surface area (Å²) in [5, 5.41) is 2.83. The van der Waals surface area contributed by atoms with Gasteiger partial charge in [-0.3, -0.25) is 4.79 Å². The highest BCUT2D eigenvalue weighted by Crippen LogP contribution is 2.26. The van der Waals surface area contributed by atoms with Crippen LogP contribution in [0.1, 0.15) is 36.5 Å². The molecule has 1 amide bonds. The quantitative estimate of drug-likeness (QED) is 0.541. The molecule has 1 fully saturated rings. The number of anilines is 1. The summed E-state index contributed by atoms with van der Waals surface area (Å²) in [6, 6.07) is 11.7. The standard InChI is InChI=1S/C19H20BrIN2O3S/c1-13-4-2-3-11-23(13)27(25,26)16-8-5-14(6-9-16)19(24)22-15-7-10-17(20)18(21)12-15/h5-10,12-13H,2-4,11H2,1H3,(H,22,24)/t13-/m0/s1. The van der Waals surface area contributed by atoms with E-state index in [0.29, 0.717) is 17.8 Å². The molecule has 144 valence electrons. The molecule has 0 spiro atoms. The number of piperidine rings is 1. The first-order chi connectivity index (χ1) is 12.8. The van der Waals surface area contributed by atoms with Crippen LogP contribution in [-0.2, 0) is 10.0 Å². The van der Waals surface area contributed by atoms with Gasteiger partial charge in [-0.15, -0.1) is 0 Å². The molecular weight excluding hydrogens is 543 g/mol. The summed E-state index contributed by atoms with van der Waals surface area (Å²) >= 11 is 5.60. The molecule has 27 heavy (non-hydrogen) atoms. The van der Waals surface area contributed by atoms with E-state index in [2.05, 4.69) is 43.8 Å². The highest BCUT2D eigenvalue weighted by atomic mass is 127. The number of nitrogens with one attached hydrogen (secondary N) is 1. The number of amides is 1. The fraction of sp³-hybridized carbons (Fsp3) is 0.316. The van der Waals surface area contributed by atoms with Gasteiger partial charge >= 0.3 is 0 Å². The Kier molecular flexibility index (Phi) is 6.60. The van der Waals surface area contributed by atoms with Gasteiger partial charge < -0.3 is 5.32 Å². The number of rotatable bonds is 4. The van der Waals surface area contributed by atoms with Crippen molar-refractivity contribution in [1.82, 2.24) is 4.31 Å². The van der Waals surface area contributed by atoms with Crippen molar-refractivity contribution >= 4 is 60.1 Å². The number of carbonyl (C=O) groups excluding carboxylic acids is 1. The van der Waals surface area contributed by atoms with E-state index in [1.54, 1.807) is 22.5 Å². The largest absolute Gasteiger partial charge is 0.322 e. The van der Waals surface area contributed by atoms with Crippen LogP contribution in [0.25, 0.3) is 0 Å². The Morgan fingerprint density at radius 2 is 1.89 bits per heavy atom. The van der Waals surface area contributed by atoms with Gasteiger partial charge in [0.05, 0.1) is 4.90 Å². The maximum Gasteiger partial charge on any atom is 0.255 e. The molecule has 5 nitrogen and oxygen atoms in total. The van der Waals surface area contributed by atoms with Crippen LogP contribution in [0.3, 0.4) is 0 Å². The molecule has 1 aliphatic rings. The number of hydrogen-bond donors (Lipinski definition) is 1. The Morgan fingerprint density at radius 1 is 1.19 bits per heavy atom. The number of carbonyl (C=O) groups is 1. The molecule has 1 aliphatic heterocycles. The second-order valence-corrected chi connectivity index (χ2v) is 10.5. The van der Waals surface area contributed by atoms with Gasteiger partial charge in [-0.2, -0.15) is 4.31 Å². The van der Waals surface area contributed by atoms with Crippen molar-refractivity contribution in [1.29, 1.82) is 0 Å². The third-order valence-electron chi connectivity index (χ3n) is 4.64. The van der Waals surface area contributed by atoms with Crippen molar-refractivity contribution in [3.63, 3.8) is 0 Å². The van der Waals surface area contributed by atoms with E-state index >= 15 is 0 Å². The van der Waals surface area contributed by atoms with Crippen LogP contribution in [0.15, 0.2) is 51.8 Å². The molecule has 0 aliphatic carbocycles. The average Bonchev–Trinajstić information content (AvgIpc) is 2.65.